The molecule has 0 spiro atoms. The van der Waals surface area contributed by atoms with E-state index in [0.717, 1.165) is 12.0 Å². The van der Waals surface area contributed by atoms with Gasteiger partial charge in [0.05, 0.1) is 17.4 Å². The van der Waals surface area contributed by atoms with Gasteiger partial charge in [-0.2, -0.15) is 0 Å². The molecule has 0 radical (unpaired) electrons. The highest BCUT2D eigenvalue weighted by Crippen LogP contribution is 2.13. The van der Waals surface area contributed by atoms with Crippen molar-refractivity contribution in [1.82, 2.24) is 9.97 Å². The molecule has 0 aromatic carbocycles. The average molecular weight is 243 g/mol. The van der Waals surface area contributed by atoms with Gasteiger partial charge in [0.2, 0.25) is 0 Å². The van der Waals surface area contributed by atoms with Crippen LogP contribution in [0.4, 0.5) is 5.69 Å². The van der Waals surface area contributed by atoms with Crippen LogP contribution in [0.15, 0.2) is 43.0 Å². The molecule has 0 atom stereocenters. The molecule has 0 fully saturated rings. The fourth-order valence-electron chi connectivity index (χ4n) is 1.61. The molecular formula is C13H13N3O2. The molecule has 0 unspecified atom stereocenters. The van der Waals surface area contributed by atoms with Gasteiger partial charge in [-0.1, -0.05) is 0 Å². The van der Waals surface area contributed by atoms with Crippen LogP contribution in [0.25, 0.3) is 0 Å². The standard InChI is InChI=1S/C13H13N3O2/c17-13(18)11-4-7-15-9-12(11)16-8-3-10-1-5-14-6-2-10/h1-2,4-7,9,16H,3,8H2,(H,17,18). The number of nitrogens with one attached hydrogen (secondary N) is 1. The summed E-state index contributed by atoms with van der Waals surface area (Å²) in [5.74, 6) is -0.955. The lowest BCUT2D eigenvalue weighted by Crippen LogP contribution is -2.09. The van der Waals surface area contributed by atoms with Crippen molar-refractivity contribution in [3.05, 3.63) is 54.1 Å². The Bertz CT molecular complexity index is 529. The number of carbonyl (C=O) groups is 1. The highest BCUT2D eigenvalue weighted by Gasteiger charge is 2.08. The van der Waals surface area contributed by atoms with E-state index >= 15 is 0 Å². The van der Waals surface area contributed by atoms with E-state index in [4.69, 9.17) is 5.11 Å². The van der Waals surface area contributed by atoms with Crippen LogP contribution in [0.3, 0.4) is 0 Å². The lowest BCUT2D eigenvalue weighted by molar-refractivity contribution is 0.0698. The van der Waals surface area contributed by atoms with Crippen molar-refractivity contribution in [1.29, 1.82) is 0 Å². The number of hydrogen-bond donors (Lipinski definition) is 2. The zero-order valence-electron chi connectivity index (χ0n) is 9.71. The van der Waals surface area contributed by atoms with Crippen molar-refractivity contribution in [2.24, 2.45) is 0 Å². The number of anilines is 1. The van der Waals surface area contributed by atoms with E-state index in [0.29, 0.717) is 12.2 Å². The molecule has 0 aliphatic rings. The Hall–Kier alpha value is -2.43. The van der Waals surface area contributed by atoms with Crippen molar-refractivity contribution >= 4 is 11.7 Å². The summed E-state index contributed by atoms with van der Waals surface area (Å²) in [6, 6.07) is 5.35. The van der Waals surface area contributed by atoms with Crippen molar-refractivity contribution in [3.8, 4) is 0 Å². The Morgan fingerprint density at radius 3 is 2.61 bits per heavy atom. The topological polar surface area (TPSA) is 75.1 Å². The molecule has 2 N–H and O–H groups in total. The summed E-state index contributed by atoms with van der Waals surface area (Å²) < 4.78 is 0. The van der Waals surface area contributed by atoms with Crippen LogP contribution >= 0.6 is 0 Å². The number of carboxylic acids is 1. The Balaban J connectivity index is 1.97. The van der Waals surface area contributed by atoms with E-state index in [9.17, 15) is 4.79 Å². The number of hydrogen-bond acceptors (Lipinski definition) is 4. The summed E-state index contributed by atoms with van der Waals surface area (Å²) in [7, 11) is 0. The predicted molar refractivity (Wildman–Crippen MR) is 67.6 cm³/mol. The second-order valence-electron chi connectivity index (χ2n) is 3.76. The molecule has 0 aliphatic carbocycles. The zero-order chi connectivity index (χ0) is 12.8. The lowest BCUT2D eigenvalue weighted by Gasteiger charge is -2.08. The number of aromatic carboxylic acids is 1. The first-order chi connectivity index (χ1) is 8.77. The van der Waals surface area contributed by atoms with Crippen LogP contribution in [-0.2, 0) is 6.42 Å². The normalized spacial score (nSPS) is 10.0. The van der Waals surface area contributed by atoms with Gasteiger partial charge >= 0.3 is 5.97 Å². The number of pyridine rings is 2. The molecule has 2 heterocycles. The van der Waals surface area contributed by atoms with Crippen LogP contribution < -0.4 is 5.32 Å². The van der Waals surface area contributed by atoms with Crippen molar-refractivity contribution in [3.63, 3.8) is 0 Å². The van der Waals surface area contributed by atoms with E-state index in [1.807, 2.05) is 12.1 Å². The van der Waals surface area contributed by atoms with Crippen LogP contribution in [0.2, 0.25) is 0 Å². The molecule has 0 saturated carbocycles. The van der Waals surface area contributed by atoms with Gasteiger partial charge in [-0.05, 0) is 30.2 Å². The largest absolute Gasteiger partial charge is 0.478 e. The van der Waals surface area contributed by atoms with Gasteiger partial charge in [-0.25, -0.2) is 4.79 Å². The Morgan fingerprint density at radius 2 is 1.89 bits per heavy atom. The van der Waals surface area contributed by atoms with E-state index in [-0.39, 0.29) is 5.56 Å². The second kappa shape index (κ2) is 5.77. The number of aromatic nitrogens is 2. The van der Waals surface area contributed by atoms with E-state index in [1.54, 1.807) is 12.4 Å². The third kappa shape index (κ3) is 3.04. The van der Waals surface area contributed by atoms with E-state index < -0.39 is 5.97 Å². The van der Waals surface area contributed by atoms with Crippen molar-refractivity contribution in [2.45, 2.75) is 6.42 Å². The van der Waals surface area contributed by atoms with Crippen LogP contribution in [0, 0.1) is 0 Å². The first-order valence-electron chi connectivity index (χ1n) is 5.57. The summed E-state index contributed by atoms with van der Waals surface area (Å²) >= 11 is 0. The van der Waals surface area contributed by atoms with Crippen LogP contribution in [0.1, 0.15) is 15.9 Å². The molecule has 2 aromatic heterocycles. The molecule has 0 saturated heterocycles. The SMILES string of the molecule is O=C(O)c1ccncc1NCCc1ccncc1. The second-order valence-corrected chi connectivity index (χ2v) is 3.76. The number of rotatable bonds is 5. The van der Waals surface area contributed by atoms with Crippen molar-refractivity contribution in [2.75, 3.05) is 11.9 Å². The van der Waals surface area contributed by atoms with Gasteiger partial charge in [-0.15, -0.1) is 0 Å². The van der Waals surface area contributed by atoms with Gasteiger partial charge in [-0.3, -0.25) is 9.97 Å². The maximum absolute atomic E-state index is 11.0. The Morgan fingerprint density at radius 1 is 1.17 bits per heavy atom. The smallest absolute Gasteiger partial charge is 0.337 e. The van der Waals surface area contributed by atoms with Crippen LogP contribution in [0.5, 0.6) is 0 Å². The first-order valence-corrected chi connectivity index (χ1v) is 5.57. The quantitative estimate of drug-likeness (QED) is 0.838. The Kier molecular flexibility index (Phi) is 3.86. The summed E-state index contributed by atoms with van der Waals surface area (Å²) in [5, 5.41) is 12.1. The molecule has 2 rings (SSSR count). The highest BCUT2D eigenvalue weighted by atomic mass is 16.4. The third-order valence-corrected chi connectivity index (χ3v) is 2.53. The molecule has 18 heavy (non-hydrogen) atoms. The molecule has 5 heteroatoms. The summed E-state index contributed by atoms with van der Waals surface area (Å²) in [4.78, 5) is 18.8. The van der Waals surface area contributed by atoms with Gasteiger partial charge in [0.15, 0.2) is 0 Å². The van der Waals surface area contributed by atoms with Crippen LogP contribution in [-0.4, -0.2) is 27.6 Å². The van der Waals surface area contributed by atoms with Crippen molar-refractivity contribution < 1.29 is 9.90 Å². The molecule has 92 valence electrons. The molecule has 5 nitrogen and oxygen atoms in total. The maximum Gasteiger partial charge on any atom is 0.337 e. The molecule has 0 amide bonds. The monoisotopic (exact) mass is 243 g/mol. The van der Waals surface area contributed by atoms with Gasteiger partial charge in [0.25, 0.3) is 0 Å². The van der Waals surface area contributed by atoms with Gasteiger partial charge in [0, 0.05) is 25.1 Å². The minimum atomic E-state index is -0.955. The fourth-order valence-corrected chi connectivity index (χ4v) is 1.61. The highest BCUT2D eigenvalue weighted by molar-refractivity contribution is 5.93. The maximum atomic E-state index is 11.0. The number of nitrogens with zero attached hydrogens (tertiary/aromatic N) is 2. The molecule has 2 aromatic rings. The van der Waals surface area contributed by atoms with E-state index in [1.165, 1.54) is 18.5 Å². The molecule has 0 aliphatic heterocycles. The molecule has 0 bridgehead atoms. The predicted octanol–water partition coefficient (Wildman–Crippen LogP) is 1.83. The average Bonchev–Trinajstić information content (AvgIpc) is 2.40. The zero-order valence-corrected chi connectivity index (χ0v) is 9.71. The fraction of sp³-hybridized carbons (Fsp3) is 0.154. The minimum Gasteiger partial charge on any atom is -0.478 e. The summed E-state index contributed by atoms with van der Waals surface area (Å²) in [6.45, 7) is 0.649. The van der Waals surface area contributed by atoms with Gasteiger partial charge in [0.1, 0.15) is 0 Å². The van der Waals surface area contributed by atoms with E-state index in [2.05, 4.69) is 15.3 Å². The first kappa shape index (κ1) is 12.0. The molecular weight excluding hydrogens is 230 g/mol. The summed E-state index contributed by atoms with van der Waals surface area (Å²) in [6.07, 6.45) is 7.27. The summed E-state index contributed by atoms with van der Waals surface area (Å²) in [5.41, 5.74) is 1.93. The number of carboxylic acid groups (broad SMARTS) is 1. The third-order valence-electron chi connectivity index (χ3n) is 2.53. The Labute approximate surface area is 105 Å². The van der Waals surface area contributed by atoms with Gasteiger partial charge < -0.3 is 10.4 Å². The minimum absolute atomic E-state index is 0.236. The lowest BCUT2D eigenvalue weighted by atomic mass is 10.2.